The van der Waals surface area contributed by atoms with Gasteiger partial charge in [-0.2, -0.15) is 4.98 Å². The number of aromatic nitrogens is 2. The van der Waals surface area contributed by atoms with Crippen LogP contribution in [-0.2, 0) is 13.0 Å². The molecule has 0 aliphatic rings. The molecule has 0 spiro atoms. The zero-order valence-electron chi connectivity index (χ0n) is 13.5. The first-order chi connectivity index (χ1) is 11.4. The Bertz CT molecular complexity index is 846. The smallest absolute Gasteiger partial charge is 0.224 e. The summed E-state index contributed by atoms with van der Waals surface area (Å²) in [5.41, 5.74) is 6.47. The van der Waals surface area contributed by atoms with Crippen LogP contribution in [0, 0.1) is 6.92 Å². The molecule has 3 aromatic heterocycles. The van der Waals surface area contributed by atoms with Gasteiger partial charge in [-0.3, -0.25) is 0 Å². The molecular formula is C16H19ClN4O2S. The minimum atomic E-state index is -0.954. The van der Waals surface area contributed by atoms with Gasteiger partial charge in [0.15, 0.2) is 0 Å². The fourth-order valence-electron chi connectivity index (χ4n) is 2.40. The maximum atomic E-state index is 10.3. The van der Waals surface area contributed by atoms with E-state index in [4.69, 9.17) is 21.8 Å². The lowest BCUT2D eigenvalue weighted by atomic mass is 10.00. The van der Waals surface area contributed by atoms with Crippen molar-refractivity contribution in [2.24, 2.45) is 5.73 Å². The highest BCUT2D eigenvalue weighted by Gasteiger charge is 2.23. The van der Waals surface area contributed by atoms with Gasteiger partial charge >= 0.3 is 0 Å². The summed E-state index contributed by atoms with van der Waals surface area (Å²) in [4.78, 5) is 9.67. The summed E-state index contributed by atoms with van der Waals surface area (Å²) in [5, 5.41) is 13.7. The van der Waals surface area contributed by atoms with Crippen molar-refractivity contribution in [3.8, 4) is 0 Å². The number of fused-ring (bicyclic) bond motifs is 1. The Morgan fingerprint density at radius 1 is 1.46 bits per heavy atom. The largest absolute Gasteiger partial charge is 0.467 e. The lowest BCUT2D eigenvalue weighted by Crippen LogP contribution is -2.36. The van der Waals surface area contributed by atoms with Gasteiger partial charge in [-0.15, -0.1) is 11.3 Å². The van der Waals surface area contributed by atoms with Crippen LogP contribution >= 0.6 is 22.9 Å². The molecule has 1 atom stereocenters. The molecule has 0 aromatic carbocycles. The summed E-state index contributed by atoms with van der Waals surface area (Å²) in [6.07, 6.45) is 2.09. The van der Waals surface area contributed by atoms with Gasteiger partial charge in [0, 0.05) is 17.8 Å². The molecule has 6 nitrogen and oxygen atoms in total. The standard InChI is InChI=1S/C16H19ClN4O2S/c1-9-11(6-16(2,22)8-18)24-13-12(9)20-15(17)21-14(13)19-7-10-4-3-5-23-10/h3-5,22H,6-8,18H2,1-2H3,(H,19,20,21). The van der Waals surface area contributed by atoms with Crippen molar-refractivity contribution in [3.05, 3.63) is 39.9 Å². The molecule has 8 heteroatoms. The highest BCUT2D eigenvalue weighted by atomic mass is 35.5. The Labute approximate surface area is 148 Å². The van der Waals surface area contributed by atoms with Gasteiger partial charge in [0.25, 0.3) is 0 Å². The van der Waals surface area contributed by atoms with Crippen LogP contribution < -0.4 is 11.1 Å². The predicted octanol–water partition coefficient (Wildman–Crippen LogP) is 3.11. The van der Waals surface area contributed by atoms with Crippen LogP contribution in [0.3, 0.4) is 0 Å². The Morgan fingerprint density at radius 3 is 2.92 bits per heavy atom. The number of furan rings is 1. The van der Waals surface area contributed by atoms with E-state index in [1.165, 1.54) is 0 Å². The maximum absolute atomic E-state index is 10.3. The van der Waals surface area contributed by atoms with Crippen molar-refractivity contribution in [2.45, 2.75) is 32.4 Å². The van der Waals surface area contributed by atoms with Gasteiger partial charge in [-0.1, -0.05) is 0 Å². The molecule has 0 aliphatic carbocycles. The zero-order valence-corrected chi connectivity index (χ0v) is 15.0. The fraction of sp³-hybridized carbons (Fsp3) is 0.375. The molecular weight excluding hydrogens is 348 g/mol. The van der Waals surface area contributed by atoms with Gasteiger partial charge in [0.05, 0.1) is 28.6 Å². The van der Waals surface area contributed by atoms with E-state index in [1.54, 1.807) is 24.5 Å². The van der Waals surface area contributed by atoms with Gasteiger partial charge in [0.2, 0.25) is 5.28 Å². The number of halogens is 1. The van der Waals surface area contributed by atoms with Crippen molar-refractivity contribution < 1.29 is 9.52 Å². The van der Waals surface area contributed by atoms with Crippen molar-refractivity contribution in [3.63, 3.8) is 0 Å². The molecule has 128 valence electrons. The van der Waals surface area contributed by atoms with Crippen LogP contribution in [0.25, 0.3) is 10.2 Å². The molecule has 3 rings (SSSR count). The normalized spacial score (nSPS) is 14.0. The Balaban J connectivity index is 1.97. The second kappa shape index (κ2) is 6.68. The maximum Gasteiger partial charge on any atom is 0.224 e. The summed E-state index contributed by atoms with van der Waals surface area (Å²) in [6.45, 7) is 4.39. The highest BCUT2D eigenvalue weighted by Crippen LogP contribution is 2.36. The number of rotatable bonds is 6. The van der Waals surface area contributed by atoms with E-state index < -0.39 is 5.60 Å². The molecule has 0 fully saturated rings. The number of nitrogens with two attached hydrogens (primary N) is 1. The number of nitrogens with zero attached hydrogens (tertiary/aromatic N) is 2. The number of aryl methyl sites for hydroxylation is 1. The molecule has 4 N–H and O–H groups in total. The van der Waals surface area contributed by atoms with Crippen molar-refractivity contribution in [2.75, 3.05) is 11.9 Å². The van der Waals surface area contributed by atoms with Gasteiger partial charge < -0.3 is 20.6 Å². The summed E-state index contributed by atoms with van der Waals surface area (Å²) < 4.78 is 6.23. The SMILES string of the molecule is Cc1c(CC(C)(O)CN)sc2c(NCc3ccco3)nc(Cl)nc12. The third kappa shape index (κ3) is 3.54. The van der Waals surface area contributed by atoms with Crippen molar-refractivity contribution in [1.29, 1.82) is 0 Å². The molecule has 0 radical (unpaired) electrons. The molecule has 1 unspecified atom stereocenters. The minimum Gasteiger partial charge on any atom is -0.467 e. The van der Waals surface area contributed by atoms with Crippen LogP contribution in [0.2, 0.25) is 5.28 Å². The van der Waals surface area contributed by atoms with Crippen LogP contribution in [0.4, 0.5) is 5.82 Å². The molecule has 0 saturated heterocycles. The van der Waals surface area contributed by atoms with Crippen LogP contribution in [-0.4, -0.2) is 27.2 Å². The monoisotopic (exact) mass is 366 g/mol. The number of anilines is 1. The number of hydrogen-bond donors (Lipinski definition) is 3. The zero-order chi connectivity index (χ0) is 17.3. The predicted molar refractivity (Wildman–Crippen MR) is 96.6 cm³/mol. The molecule has 24 heavy (non-hydrogen) atoms. The first-order valence-corrected chi connectivity index (χ1v) is 8.73. The van der Waals surface area contributed by atoms with E-state index in [1.807, 2.05) is 19.1 Å². The molecule has 3 heterocycles. The van der Waals surface area contributed by atoms with Crippen LogP contribution in [0.1, 0.15) is 23.1 Å². The molecule has 0 saturated carbocycles. The minimum absolute atomic E-state index is 0.183. The van der Waals surface area contributed by atoms with E-state index in [-0.39, 0.29) is 11.8 Å². The number of thiophene rings is 1. The first kappa shape index (κ1) is 17.2. The highest BCUT2D eigenvalue weighted by molar-refractivity contribution is 7.19. The van der Waals surface area contributed by atoms with Gasteiger partial charge in [0.1, 0.15) is 11.6 Å². The number of aliphatic hydroxyl groups is 1. The Morgan fingerprint density at radius 2 is 2.25 bits per heavy atom. The number of hydrogen-bond acceptors (Lipinski definition) is 7. The summed E-state index contributed by atoms with van der Waals surface area (Å²) in [6, 6.07) is 3.72. The summed E-state index contributed by atoms with van der Waals surface area (Å²) >= 11 is 7.62. The fourth-order valence-corrected chi connectivity index (χ4v) is 3.95. The lowest BCUT2D eigenvalue weighted by Gasteiger charge is -2.20. The molecule has 3 aromatic rings. The van der Waals surface area contributed by atoms with E-state index in [0.717, 1.165) is 26.4 Å². The van der Waals surface area contributed by atoms with Gasteiger partial charge in [-0.05, 0) is 43.1 Å². The van der Waals surface area contributed by atoms with Crippen molar-refractivity contribution >= 4 is 39.0 Å². The topological polar surface area (TPSA) is 97.2 Å². The summed E-state index contributed by atoms with van der Waals surface area (Å²) in [7, 11) is 0. The first-order valence-electron chi connectivity index (χ1n) is 7.54. The third-order valence-corrected chi connectivity index (χ3v) is 5.29. The quantitative estimate of drug-likeness (QED) is 0.580. The van der Waals surface area contributed by atoms with Crippen LogP contribution in [0.15, 0.2) is 22.8 Å². The molecule has 0 aliphatic heterocycles. The van der Waals surface area contributed by atoms with E-state index in [2.05, 4.69) is 15.3 Å². The molecule has 0 bridgehead atoms. The van der Waals surface area contributed by atoms with Crippen LogP contribution in [0.5, 0.6) is 0 Å². The van der Waals surface area contributed by atoms with Gasteiger partial charge in [-0.25, -0.2) is 4.98 Å². The Hall–Kier alpha value is -1.67. The molecule has 0 amide bonds. The van der Waals surface area contributed by atoms with E-state index >= 15 is 0 Å². The van der Waals surface area contributed by atoms with E-state index in [0.29, 0.717) is 18.8 Å². The average Bonchev–Trinajstić information content (AvgIpc) is 3.15. The van der Waals surface area contributed by atoms with Crippen molar-refractivity contribution in [1.82, 2.24) is 9.97 Å². The van der Waals surface area contributed by atoms with E-state index in [9.17, 15) is 5.11 Å². The second-order valence-electron chi connectivity index (χ2n) is 5.98. The second-order valence-corrected chi connectivity index (χ2v) is 7.42. The average molecular weight is 367 g/mol. The summed E-state index contributed by atoms with van der Waals surface area (Å²) in [5.74, 6) is 1.46. The number of nitrogens with one attached hydrogen (secondary N) is 1. The third-order valence-electron chi connectivity index (χ3n) is 3.83. The lowest BCUT2D eigenvalue weighted by molar-refractivity contribution is 0.0704. The Kier molecular flexibility index (Phi) is 4.78.